The van der Waals surface area contributed by atoms with Gasteiger partial charge in [-0.1, -0.05) is 36.4 Å². The van der Waals surface area contributed by atoms with Crippen molar-refractivity contribution in [3.8, 4) is 0 Å². The molecule has 0 spiro atoms. The van der Waals surface area contributed by atoms with E-state index in [1.165, 1.54) is 16.4 Å². The number of para-hydroxylation sites is 1. The van der Waals surface area contributed by atoms with Crippen LogP contribution < -0.4 is 0 Å². The third-order valence-electron chi connectivity index (χ3n) is 4.90. The number of nitrogens with zero attached hydrogens (tertiary/aromatic N) is 2. The number of morpholine rings is 1. The summed E-state index contributed by atoms with van der Waals surface area (Å²) in [5.74, 6) is -0.531. The lowest BCUT2D eigenvalue weighted by Crippen LogP contribution is -2.40. The summed E-state index contributed by atoms with van der Waals surface area (Å²) in [5, 5.41) is 1.02. The molecule has 1 aromatic heterocycles. The fourth-order valence-electron chi connectivity index (χ4n) is 3.26. The quantitative estimate of drug-likeness (QED) is 0.434. The normalized spacial score (nSPS) is 15.4. The minimum absolute atomic E-state index is 0.0270. The van der Waals surface area contributed by atoms with Gasteiger partial charge in [0.05, 0.1) is 29.3 Å². The van der Waals surface area contributed by atoms with Gasteiger partial charge in [0.25, 0.3) is 0 Å². The van der Waals surface area contributed by atoms with Crippen molar-refractivity contribution in [2.45, 2.75) is 11.5 Å². The van der Waals surface area contributed by atoms with Crippen LogP contribution in [0, 0.1) is 0 Å². The minimum Gasteiger partial charge on any atom is -0.458 e. The van der Waals surface area contributed by atoms with E-state index in [2.05, 4.69) is 4.98 Å². The number of ether oxygens (including phenoxy) is 2. The van der Waals surface area contributed by atoms with Crippen molar-refractivity contribution in [1.82, 2.24) is 9.29 Å². The van der Waals surface area contributed by atoms with Gasteiger partial charge < -0.3 is 9.47 Å². The number of carbonyl (C=O) groups excluding carboxylic acids is 1. The van der Waals surface area contributed by atoms with E-state index in [1.54, 1.807) is 24.3 Å². The fraction of sp³-hybridized carbons (Fsp3) is 0.217. The molecule has 2 heterocycles. The number of aromatic nitrogens is 1. The van der Waals surface area contributed by atoms with Crippen molar-refractivity contribution < 1.29 is 22.7 Å². The minimum atomic E-state index is -3.60. The van der Waals surface area contributed by atoms with Crippen LogP contribution in [0.1, 0.15) is 11.3 Å². The first-order valence-electron chi connectivity index (χ1n) is 9.90. The van der Waals surface area contributed by atoms with E-state index < -0.39 is 16.0 Å². The van der Waals surface area contributed by atoms with Crippen LogP contribution in [-0.4, -0.2) is 50.0 Å². The molecule has 4 rings (SSSR count). The summed E-state index contributed by atoms with van der Waals surface area (Å²) in [4.78, 5) is 16.8. The molecule has 1 saturated heterocycles. The molecule has 0 atom stereocenters. The van der Waals surface area contributed by atoms with Gasteiger partial charge in [-0.3, -0.25) is 0 Å². The monoisotopic (exact) mass is 438 g/mol. The Balaban J connectivity index is 1.39. The number of rotatable bonds is 6. The molecular formula is C23H22N2O5S. The standard InChI is InChI=1S/C23H22N2O5S/c26-23(11-10-20-9-8-19-5-1-2-7-22(19)24-20)30-17-18-4-3-6-21(16-18)31(27,28)25-12-14-29-15-13-25/h1-11,16H,12-15,17H2/b11-10+. The third-order valence-corrected chi connectivity index (χ3v) is 6.79. The van der Waals surface area contributed by atoms with E-state index in [4.69, 9.17) is 9.47 Å². The molecule has 8 heteroatoms. The second kappa shape index (κ2) is 9.38. The fourth-order valence-corrected chi connectivity index (χ4v) is 4.74. The van der Waals surface area contributed by atoms with Crippen LogP contribution in [0.4, 0.5) is 0 Å². The van der Waals surface area contributed by atoms with Crippen molar-refractivity contribution in [1.29, 1.82) is 0 Å². The van der Waals surface area contributed by atoms with Crippen LogP contribution >= 0.6 is 0 Å². The molecule has 1 fully saturated rings. The molecule has 0 aliphatic carbocycles. The second-order valence-electron chi connectivity index (χ2n) is 7.03. The van der Waals surface area contributed by atoms with Gasteiger partial charge >= 0.3 is 5.97 Å². The largest absolute Gasteiger partial charge is 0.458 e. The number of sulfonamides is 1. The molecule has 0 bridgehead atoms. The first-order chi connectivity index (χ1) is 15.0. The van der Waals surface area contributed by atoms with Crippen LogP contribution in [-0.2, 0) is 30.9 Å². The molecule has 0 N–H and O–H groups in total. The van der Waals surface area contributed by atoms with Crippen molar-refractivity contribution in [2.75, 3.05) is 26.3 Å². The summed E-state index contributed by atoms with van der Waals surface area (Å²) in [5.41, 5.74) is 2.09. The Morgan fingerprint density at radius 3 is 2.71 bits per heavy atom. The lowest BCUT2D eigenvalue weighted by atomic mass is 10.2. The maximum atomic E-state index is 12.8. The van der Waals surface area contributed by atoms with Crippen molar-refractivity contribution >= 4 is 33.0 Å². The maximum Gasteiger partial charge on any atom is 0.331 e. The lowest BCUT2D eigenvalue weighted by Gasteiger charge is -2.26. The van der Waals surface area contributed by atoms with Crippen LogP contribution in [0.2, 0.25) is 0 Å². The van der Waals surface area contributed by atoms with E-state index in [-0.39, 0.29) is 11.5 Å². The van der Waals surface area contributed by atoms with E-state index in [9.17, 15) is 13.2 Å². The molecule has 0 radical (unpaired) electrons. The number of hydrogen-bond donors (Lipinski definition) is 0. The Bertz CT molecular complexity index is 1220. The average Bonchev–Trinajstić information content (AvgIpc) is 2.82. The van der Waals surface area contributed by atoms with E-state index in [1.807, 2.05) is 36.4 Å². The molecule has 2 aromatic carbocycles. The van der Waals surface area contributed by atoms with E-state index >= 15 is 0 Å². The SMILES string of the molecule is O=C(/C=C/c1ccc2ccccc2n1)OCc1cccc(S(=O)(=O)N2CCOCC2)c1. The molecule has 160 valence electrons. The number of fused-ring (bicyclic) bond motifs is 1. The average molecular weight is 439 g/mol. The highest BCUT2D eigenvalue weighted by Crippen LogP contribution is 2.19. The van der Waals surface area contributed by atoms with Gasteiger partial charge in [0.15, 0.2) is 0 Å². The summed E-state index contributed by atoms with van der Waals surface area (Å²) in [6.45, 7) is 1.40. The highest BCUT2D eigenvalue weighted by atomic mass is 32.2. The van der Waals surface area contributed by atoms with Crippen LogP contribution in [0.15, 0.2) is 71.6 Å². The molecular weight excluding hydrogens is 416 g/mol. The Hall–Kier alpha value is -3.07. The van der Waals surface area contributed by atoms with Gasteiger partial charge in [-0.05, 0) is 35.9 Å². The van der Waals surface area contributed by atoms with Gasteiger partial charge in [-0.25, -0.2) is 18.2 Å². The summed E-state index contributed by atoms with van der Waals surface area (Å²) >= 11 is 0. The van der Waals surface area contributed by atoms with Gasteiger partial charge in [-0.2, -0.15) is 4.31 Å². The van der Waals surface area contributed by atoms with Gasteiger partial charge in [0.2, 0.25) is 10.0 Å². The topological polar surface area (TPSA) is 85.8 Å². The van der Waals surface area contributed by atoms with Crippen LogP contribution in [0.3, 0.4) is 0 Å². The summed E-state index contributed by atoms with van der Waals surface area (Å²) in [6.07, 6.45) is 2.90. The number of hydrogen-bond acceptors (Lipinski definition) is 6. The zero-order chi connectivity index (χ0) is 21.7. The van der Waals surface area contributed by atoms with Gasteiger partial charge in [-0.15, -0.1) is 0 Å². The Morgan fingerprint density at radius 2 is 1.87 bits per heavy atom. The Kier molecular flexibility index (Phi) is 6.41. The van der Waals surface area contributed by atoms with E-state index in [0.29, 0.717) is 37.6 Å². The molecule has 0 saturated carbocycles. The second-order valence-corrected chi connectivity index (χ2v) is 8.97. The molecule has 0 unspecified atom stereocenters. The smallest absolute Gasteiger partial charge is 0.331 e. The molecule has 1 aliphatic heterocycles. The highest BCUT2D eigenvalue weighted by Gasteiger charge is 2.26. The first kappa shape index (κ1) is 21.2. The molecule has 7 nitrogen and oxygen atoms in total. The number of esters is 1. The number of benzene rings is 2. The van der Waals surface area contributed by atoms with Crippen LogP contribution in [0.5, 0.6) is 0 Å². The molecule has 3 aromatic rings. The predicted molar refractivity (Wildman–Crippen MR) is 117 cm³/mol. The van der Waals surface area contributed by atoms with E-state index in [0.717, 1.165) is 10.9 Å². The lowest BCUT2D eigenvalue weighted by molar-refractivity contribution is -0.138. The van der Waals surface area contributed by atoms with Crippen molar-refractivity contribution in [3.63, 3.8) is 0 Å². The third kappa shape index (κ3) is 5.16. The zero-order valence-electron chi connectivity index (χ0n) is 16.8. The molecule has 0 amide bonds. The molecule has 1 aliphatic rings. The first-order valence-corrected chi connectivity index (χ1v) is 11.3. The van der Waals surface area contributed by atoms with Crippen LogP contribution in [0.25, 0.3) is 17.0 Å². The molecule has 31 heavy (non-hydrogen) atoms. The number of pyridine rings is 1. The van der Waals surface area contributed by atoms with Gasteiger partial charge in [0, 0.05) is 24.6 Å². The zero-order valence-corrected chi connectivity index (χ0v) is 17.6. The Labute approximate surface area is 181 Å². The number of carbonyl (C=O) groups is 1. The summed E-state index contributed by atoms with van der Waals surface area (Å²) in [6, 6.07) is 17.9. The van der Waals surface area contributed by atoms with Crippen molar-refractivity contribution in [2.24, 2.45) is 0 Å². The van der Waals surface area contributed by atoms with Crippen molar-refractivity contribution in [3.05, 3.63) is 78.0 Å². The Morgan fingerprint density at radius 1 is 1.06 bits per heavy atom. The highest BCUT2D eigenvalue weighted by molar-refractivity contribution is 7.89. The predicted octanol–water partition coefficient (Wildman–Crippen LogP) is 3.01. The maximum absolute atomic E-state index is 12.8. The summed E-state index contributed by atoms with van der Waals surface area (Å²) < 4.78 is 37.4. The summed E-state index contributed by atoms with van der Waals surface area (Å²) in [7, 11) is -3.60. The van der Waals surface area contributed by atoms with Gasteiger partial charge in [0.1, 0.15) is 6.61 Å².